The number of fused-ring (bicyclic) bond motifs is 4. The van der Waals surface area contributed by atoms with Gasteiger partial charge in [0.05, 0.1) is 10.8 Å². The van der Waals surface area contributed by atoms with Gasteiger partial charge in [-0.3, -0.25) is 4.79 Å². The largest absolute Gasteiger partial charge is 0.338 e. The number of aryl methyl sites for hydroxylation is 1. The van der Waals surface area contributed by atoms with Crippen LogP contribution in [0.4, 0.5) is 5.00 Å². The summed E-state index contributed by atoms with van der Waals surface area (Å²) in [6, 6.07) is 10.2. The van der Waals surface area contributed by atoms with Gasteiger partial charge in [0.15, 0.2) is 5.65 Å². The molecule has 1 atom stereocenters. The van der Waals surface area contributed by atoms with Crippen LogP contribution in [0.5, 0.6) is 0 Å². The highest BCUT2D eigenvalue weighted by atomic mass is 32.2. The number of hydrogen-bond acceptors (Lipinski definition) is 7. The van der Waals surface area contributed by atoms with E-state index in [9.17, 15) is 10.1 Å². The number of benzene rings is 1. The van der Waals surface area contributed by atoms with Crippen LogP contribution in [0.1, 0.15) is 42.2 Å². The Balaban J connectivity index is 1.37. The molecular formula is C22H20N6OS2. The summed E-state index contributed by atoms with van der Waals surface area (Å²) in [6.45, 7) is 1.96. The van der Waals surface area contributed by atoms with Crippen LogP contribution < -0.4 is 5.32 Å². The summed E-state index contributed by atoms with van der Waals surface area (Å²) in [5.41, 5.74) is 4.08. The molecule has 7 nitrogen and oxygen atoms in total. The third-order valence-electron chi connectivity index (χ3n) is 5.53. The Morgan fingerprint density at radius 2 is 2.16 bits per heavy atom. The molecule has 1 aliphatic carbocycles. The van der Waals surface area contributed by atoms with E-state index in [1.807, 2.05) is 31.2 Å². The van der Waals surface area contributed by atoms with Crippen molar-refractivity contribution in [3.63, 3.8) is 0 Å². The second-order valence-corrected chi connectivity index (χ2v) is 9.77. The van der Waals surface area contributed by atoms with Crippen molar-refractivity contribution in [3.8, 4) is 6.07 Å². The van der Waals surface area contributed by atoms with E-state index in [-0.39, 0.29) is 11.2 Å². The van der Waals surface area contributed by atoms with E-state index in [0.29, 0.717) is 27.8 Å². The number of para-hydroxylation sites is 1. The van der Waals surface area contributed by atoms with E-state index in [1.54, 1.807) is 11.3 Å². The fourth-order valence-electron chi connectivity index (χ4n) is 3.97. The highest BCUT2D eigenvalue weighted by Crippen LogP contribution is 2.38. The van der Waals surface area contributed by atoms with E-state index < -0.39 is 0 Å². The summed E-state index contributed by atoms with van der Waals surface area (Å²) in [7, 11) is 0. The lowest BCUT2D eigenvalue weighted by molar-refractivity contribution is -0.115. The molecule has 0 unspecified atom stereocenters. The Morgan fingerprint density at radius 1 is 1.32 bits per heavy atom. The standard InChI is InChI=1S/C22H20N6OS2/c1-2-16(20(29)26-21-14(11-23)12-7-4-6-10-17(12)30-21)31-22-25-19-18(27-28-22)13-8-3-5-9-15(13)24-19/h3,5,8-9,16H,2,4,6-7,10H2,1H3,(H,26,29)(H,24,25,28)/t16-/m1/s1. The lowest BCUT2D eigenvalue weighted by Crippen LogP contribution is -2.24. The van der Waals surface area contributed by atoms with Crippen LogP contribution in [0.3, 0.4) is 0 Å². The maximum absolute atomic E-state index is 13.0. The number of amides is 1. The van der Waals surface area contributed by atoms with E-state index >= 15 is 0 Å². The zero-order valence-corrected chi connectivity index (χ0v) is 18.6. The van der Waals surface area contributed by atoms with Crippen LogP contribution in [-0.4, -0.2) is 31.3 Å². The first-order valence-corrected chi connectivity index (χ1v) is 12.0. The molecule has 2 N–H and O–H groups in total. The second-order valence-electron chi connectivity index (χ2n) is 7.49. The van der Waals surface area contributed by atoms with Crippen LogP contribution in [-0.2, 0) is 17.6 Å². The predicted octanol–water partition coefficient (Wildman–Crippen LogP) is 4.83. The molecule has 5 rings (SSSR count). The van der Waals surface area contributed by atoms with Gasteiger partial charge in [-0.05, 0) is 43.7 Å². The molecule has 156 valence electrons. The molecule has 3 aromatic heterocycles. The number of carbonyl (C=O) groups is 1. The molecule has 1 amide bonds. The van der Waals surface area contributed by atoms with Gasteiger partial charge in [0, 0.05) is 15.8 Å². The van der Waals surface area contributed by atoms with E-state index in [2.05, 4.69) is 31.6 Å². The number of hydrogen-bond donors (Lipinski definition) is 2. The van der Waals surface area contributed by atoms with Gasteiger partial charge in [0.1, 0.15) is 16.6 Å². The Hall–Kier alpha value is -2.96. The van der Waals surface area contributed by atoms with Crippen molar-refractivity contribution in [1.82, 2.24) is 20.2 Å². The zero-order valence-electron chi connectivity index (χ0n) is 16.9. The van der Waals surface area contributed by atoms with Gasteiger partial charge in [-0.15, -0.1) is 21.5 Å². The molecule has 0 spiro atoms. The van der Waals surface area contributed by atoms with Crippen LogP contribution in [0, 0.1) is 11.3 Å². The van der Waals surface area contributed by atoms with Crippen molar-refractivity contribution in [2.24, 2.45) is 0 Å². The molecule has 1 aliphatic rings. The minimum absolute atomic E-state index is 0.136. The smallest absolute Gasteiger partial charge is 0.238 e. The summed E-state index contributed by atoms with van der Waals surface area (Å²) >= 11 is 2.84. The zero-order chi connectivity index (χ0) is 21.4. The Labute approximate surface area is 187 Å². The number of thiophene rings is 1. The third kappa shape index (κ3) is 3.66. The first-order chi connectivity index (χ1) is 15.2. The minimum Gasteiger partial charge on any atom is -0.338 e. The number of rotatable bonds is 5. The van der Waals surface area contributed by atoms with Crippen molar-refractivity contribution in [1.29, 1.82) is 5.26 Å². The molecule has 0 saturated heterocycles. The van der Waals surface area contributed by atoms with E-state index in [4.69, 9.17) is 0 Å². The predicted molar refractivity (Wildman–Crippen MR) is 123 cm³/mol. The first kappa shape index (κ1) is 20.0. The molecule has 1 aromatic carbocycles. The van der Waals surface area contributed by atoms with Gasteiger partial charge in [-0.1, -0.05) is 36.9 Å². The van der Waals surface area contributed by atoms with Crippen molar-refractivity contribution >= 4 is 56.1 Å². The molecule has 31 heavy (non-hydrogen) atoms. The quantitative estimate of drug-likeness (QED) is 0.424. The SMILES string of the molecule is CC[C@@H](Sc1nnc2c(n1)[nH]c1ccccc12)C(=O)Nc1sc2c(c1C#N)CCCC2. The van der Waals surface area contributed by atoms with Crippen LogP contribution in [0.2, 0.25) is 0 Å². The summed E-state index contributed by atoms with van der Waals surface area (Å²) in [4.78, 5) is 22.1. The highest BCUT2D eigenvalue weighted by molar-refractivity contribution is 8.00. The fourth-order valence-corrected chi connectivity index (χ4v) is 6.03. The molecular weight excluding hydrogens is 428 g/mol. The van der Waals surface area contributed by atoms with Crippen molar-refractivity contribution in [2.75, 3.05) is 5.32 Å². The monoisotopic (exact) mass is 448 g/mol. The van der Waals surface area contributed by atoms with Crippen LogP contribution in [0.15, 0.2) is 29.4 Å². The number of nitrogens with one attached hydrogen (secondary N) is 2. The molecule has 3 heterocycles. The van der Waals surface area contributed by atoms with Crippen molar-refractivity contribution in [3.05, 3.63) is 40.3 Å². The number of H-pyrrole nitrogens is 1. The number of aromatic amines is 1. The van der Waals surface area contributed by atoms with Gasteiger partial charge in [0.2, 0.25) is 11.1 Å². The highest BCUT2D eigenvalue weighted by Gasteiger charge is 2.25. The number of aromatic nitrogens is 4. The number of nitrogens with zero attached hydrogens (tertiary/aromatic N) is 4. The summed E-state index contributed by atoms with van der Waals surface area (Å²) in [6.07, 6.45) is 4.75. The van der Waals surface area contributed by atoms with Gasteiger partial charge in [-0.2, -0.15) is 5.26 Å². The molecule has 0 aliphatic heterocycles. The first-order valence-electron chi connectivity index (χ1n) is 10.3. The Bertz CT molecular complexity index is 1340. The van der Waals surface area contributed by atoms with Crippen LogP contribution in [0.25, 0.3) is 22.1 Å². The average molecular weight is 449 g/mol. The van der Waals surface area contributed by atoms with Gasteiger partial charge in [-0.25, -0.2) is 4.98 Å². The van der Waals surface area contributed by atoms with Gasteiger partial charge in [0.25, 0.3) is 0 Å². The summed E-state index contributed by atoms with van der Waals surface area (Å²) < 4.78 is 0. The number of thioether (sulfide) groups is 1. The summed E-state index contributed by atoms with van der Waals surface area (Å²) in [5, 5.41) is 22.9. The third-order valence-corrected chi connectivity index (χ3v) is 7.96. The second kappa shape index (κ2) is 8.29. The average Bonchev–Trinajstić information content (AvgIpc) is 3.34. The Morgan fingerprint density at radius 3 is 3.00 bits per heavy atom. The lowest BCUT2D eigenvalue weighted by atomic mass is 9.96. The maximum Gasteiger partial charge on any atom is 0.238 e. The molecule has 0 radical (unpaired) electrons. The molecule has 4 aromatic rings. The maximum atomic E-state index is 13.0. The van der Waals surface area contributed by atoms with E-state index in [0.717, 1.165) is 47.7 Å². The van der Waals surface area contributed by atoms with Crippen molar-refractivity contribution in [2.45, 2.75) is 49.4 Å². The number of nitriles is 1. The molecule has 0 fully saturated rings. The van der Waals surface area contributed by atoms with Crippen molar-refractivity contribution < 1.29 is 4.79 Å². The lowest BCUT2D eigenvalue weighted by Gasteiger charge is -2.13. The number of anilines is 1. The topological polar surface area (TPSA) is 107 Å². The van der Waals surface area contributed by atoms with Gasteiger partial charge >= 0.3 is 0 Å². The van der Waals surface area contributed by atoms with Gasteiger partial charge < -0.3 is 10.3 Å². The Kier molecular flexibility index (Phi) is 5.34. The van der Waals surface area contributed by atoms with E-state index in [1.165, 1.54) is 16.6 Å². The fraction of sp³-hybridized carbons (Fsp3) is 0.318. The molecule has 0 bridgehead atoms. The molecule has 0 saturated carbocycles. The normalized spacial score (nSPS) is 14.3. The van der Waals surface area contributed by atoms with Crippen LogP contribution >= 0.6 is 23.1 Å². The number of carbonyl (C=O) groups excluding carboxylic acids is 1. The summed E-state index contributed by atoms with van der Waals surface area (Å²) in [5.74, 6) is -0.136. The molecule has 9 heteroatoms. The minimum atomic E-state index is -0.380.